The lowest BCUT2D eigenvalue weighted by molar-refractivity contribution is -0.143. The van der Waals surface area contributed by atoms with Crippen molar-refractivity contribution in [3.8, 4) is 0 Å². The second-order valence-corrected chi connectivity index (χ2v) is 5.65. The summed E-state index contributed by atoms with van der Waals surface area (Å²) in [5.74, 6) is -1.48. The van der Waals surface area contributed by atoms with Gasteiger partial charge in [0.05, 0.1) is 37.1 Å². The Hall–Kier alpha value is -3.04. The number of urea groups is 1. The molecular formula is C18H18F4N2O4. The van der Waals surface area contributed by atoms with Gasteiger partial charge in [-0.25, -0.2) is 9.18 Å². The zero-order valence-corrected chi connectivity index (χ0v) is 14.9. The summed E-state index contributed by atoms with van der Waals surface area (Å²) in [4.78, 5) is 25.1. The summed E-state index contributed by atoms with van der Waals surface area (Å²) in [6, 6.07) is 4.46. The number of carbonyl (C=O) groups is 2. The Morgan fingerprint density at radius 2 is 1.96 bits per heavy atom. The van der Waals surface area contributed by atoms with E-state index in [1.54, 1.807) is 19.1 Å². The molecule has 6 nitrogen and oxygen atoms in total. The van der Waals surface area contributed by atoms with Gasteiger partial charge in [0.1, 0.15) is 11.6 Å². The van der Waals surface area contributed by atoms with Crippen LogP contribution in [-0.2, 0) is 22.3 Å². The topological polar surface area (TPSA) is 71.8 Å². The smallest absolute Gasteiger partial charge is 0.418 e. The third-order valence-corrected chi connectivity index (χ3v) is 3.66. The highest BCUT2D eigenvalue weighted by molar-refractivity contribution is 5.90. The minimum absolute atomic E-state index is 0.131. The number of hydrogen-bond acceptors (Lipinski definition) is 4. The van der Waals surface area contributed by atoms with Crippen LogP contribution in [0.3, 0.4) is 0 Å². The minimum atomic E-state index is -4.86. The summed E-state index contributed by atoms with van der Waals surface area (Å²) in [7, 11) is 0. The van der Waals surface area contributed by atoms with E-state index in [1.165, 1.54) is 6.26 Å². The number of hydrogen-bond donors (Lipinski definition) is 1. The summed E-state index contributed by atoms with van der Waals surface area (Å²) in [6.07, 6.45) is -3.69. The van der Waals surface area contributed by atoms with Gasteiger partial charge < -0.3 is 19.4 Å². The Balaban J connectivity index is 2.21. The van der Waals surface area contributed by atoms with Gasteiger partial charge in [-0.15, -0.1) is 0 Å². The van der Waals surface area contributed by atoms with E-state index in [0.29, 0.717) is 11.8 Å². The van der Waals surface area contributed by atoms with Gasteiger partial charge in [0.25, 0.3) is 0 Å². The van der Waals surface area contributed by atoms with Gasteiger partial charge in [0.15, 0.2) is 0 Å². The molecule has 0 aliphatic carbocycles. The third kappa shape index (κ3) is 5.73. The molecule has 0 aliphatic heterocycles. The lowest BCUT2D eigenvalue weighted by Gasteiger charge is -2.23. The number of rotatable bonds is 7. The average Bonchev–Trinajstić information content (AvgIpc) is 3.12. The largest absolute Gasteiger partial charge is 0.467 e. The van der Waals surface area contributed by atoms with Gasteiger partial charge in [-0.1, -0.05) is 6.07 Å². The van der Waals surface area contributed by atoms with E-state index in [0.717, 1.165) is 17.0 Å². The molecule has 0 bridgehead atoms. The van der Waals surface area contributed by atoms with E-state index in [9.17, 15) is 27.2 Å². The van der Waals surface area contributed by atoms with Crippen LogP contribution < -0.4 is 5.32 Å². The Labute approximate surface area is 158 Å². The lowest BCUT2D eigenvalue weighted by Crippen LogP contribution is -2.37. The first-order chi connectivity index (χ1) is 13.2. The van der Waals surface area contributed by atoms with Crippen molar-refractivity contribution in [3.63, 3.8) is 0 Å². The maximum atomic E-state index is 14.0. The van der Waals surface area contributed by atoms with Gasteiger partial charge in [0.2, 0.25) is 0 Å². The molecule has 0 atom stereocenters. The molecule has 2 amide bonds. The number of benzene rings is 1. The second-order valence-electron chi connectivity index (χ2n) is 5.65. The van der Waals surface area contributed by atoms with Crippen molar-refractivity contribution in [2.75, 3.05) is 18.5 Å². The van der Waals surface area contributed by atoms with Gasteiger partial charge in [-0.05, 0) is 31.2 Å². The van der Waals surface area contributed by atoms with Crippen molar-refractivity contribution in [1.82, 2.24) is 4.90 Å². The summed E-state index contributed by atoms with van der Waals surface area (Å²) < 4.78 is 63.2. The molecule has 2 aromatic rings. The van der Waals surface area contributed by atoms with E-state index in [1.807, 2.05) is 5.32 Å². The van der Waals surface area contributed by atoms with Crippen LogP contribution in [0.1, 0.15) is 24.7 Å². The van der Waals surface area contributed by atoms with Gasteiger partial charge >= 0.3 is 18.2 Å². The number of nitrogens with one attached hydrogen (secondary N) is 1. The molecule has 1 aromatic heterocycles. The third-order valence-electron chi connectivity index (χ3n) is 3.66. The molecule has 0 spiro atoms. The number of halogens is 4. The normalized spacial score (nSPS) is 11.2. The van der Waals surface area contributed by atoms with Gasteiger partial charge in [-0.3, -0.25) is 4.79 Å². The number of amides is 2. The second kappa shape index (κ2) is 9.25. The first kappa shape index (κ1) is 21.3. The summed E-state index contributed by atoms with van der Waals surface area (Å²) in [6.45, 7) is 1.46. The molecule has 0 aliphatic rings. The average molecular weight is 402 g/mol. The van der Waals surface area contributed by atoms with Crippen molar-refractivity contribution in [3.05, 3.63) is 53.7 Å². The van der Waals surface area contributed by atoms with Crippen LogP contribution in [0.15, 0.2) is 41.0 Å². The molecule has 2 rings (SSSR count). The first-order valence-electron chi connectivity index (χ1n) is 8.32. The van der Waals surface area contributed by atoms with Crippen molar-refractivity contribution in [2.45, 2.75) is 26.1 Å². The Morgan fingerprint density at radius 1 is 1.21 bits per heavy atom. The van der Waals surface area contributed by atoms with E-state index in [4.69, 9.17) is 9.15 Å². The molecule has 1 heterocycles. The van der Waals surface area contributed by atoms with Crippen molar-refractivity contribution in [1.29, 1.82) is 0 Å². The number of carbonyl (C=O) groups excluding carboxylic acids is 2. The van der Waals surface area contributed by atoms with Crippen LogP contribution in [0.25, 0.3) is 0 Å². The quantitative estimate of drug-likeness (QED) is 0.550. The number of anilines is 1. The summed E-state index contributed by atoms with van der Waals surface area (Å²) in [5.41, 5.74) is -2.30. The van der Waals surface area contributed by atoms with Crippen LogP contribution >= 0.6 is 0 Å². The predicted molar refractivity (Wildman–Crippen MR) is 90.8 cm³/mol. The Bertz CT molecular complexity index is 806. The molecule has 0 saturated carbocycles. The number of nitrogens with zero attached hydrogens (tertiary/aromatic N) is 1. The van der Waals surface area contributed by atoms with Crippen LogP contribution in [0.2, 0.25) is 0 Å². The number of furan rings is 1. The van der Waals surface area contributed by atoms with Crippen LogP contribution in [0, 0.1) is 5.82 Å². The molecule has 28 heavy (non-hydrogen) atoms. The zero-order chi connectivity index (χ0) is 20.7. The highest BCUT2D eigenvalue weighted by Crippen LogP contribution is 2.36. The fraction of sp³-hybridized carbons (Fsp3) is 0.333. The van der Waals surface area contributed by atoms with Crippen molar-refractivity contribution >= 4 is 17.7 Å². The summed E-state index contributed by atoms with van der Waals surface area (Å²) in [5, 5.41) is 1.95. The molecule has 0 saturated heterocycles. The molecule has 0 unspecified atom stereocenters. The Kier molecular flexibility index (Phi) is 7.02. The van der Waals surface area contributed by atoms with Crippen molar-refractivity contribution in [2.24, 2.45) is 0 Å². The first-order valence-corrected chi connectivity index (χ1v) is 8.32. The van der Waals surface area contributed by atoms with Gasteiger partial charge in [0, 0.05) is 6.54 Å². The molecule has 152 valence electrons. The monoisotopic (exact) mass is 402 g/mol. The van der Waals surface area contributed by atoms with Crippen LogP contribution in [0.5, 0.6) is 0 Å². The van der Waals surface area contributed by atoms with E-state index in [-0.39, 0.29) is 26.1 Å². The molecule has 1 aromatic carbocycles. The molecular weight excluding hydrogens is 384 g/mol. The van der Waals surface area contributed by atoms with E-state index >= 15 is 0 Å². The standard InChI is InChI=1S/C18H18F4N2O4/c1-2-27-15(25)8-9-24(11-12-5-4-10-28-12)17(26)23-16-13(18(20,21)22)6-3-7-14(16)19/h3-7,10H,2,8-9,11H2,1H3,(H,23,26). The van der Waals surface area contributed by atoms with E-state index in [2.05, 4.69) is 0 Å². The highest BCUT2D eigenvalue weighted by Gasteiger charge is 2.35. The molecule has 0 radical (unpaired) electrons. The van der Waals surface area contributed by atoms with E-state index < -0.39 is 35.2 Å². The SMILES string of the molecule is CCOC(=O)CCN(Cc1ccco1)C(=O)Nc1c(F)cccc1C(F)(F)F. The number of alkyl halides is 3. The summed E-state index contributed by atoms with van der Waals surface area (Å²) >= 11 is 0. The maximum absolute atomic E-state index is 14.0. The van der Waals surface area contributed by atoms with Crippen LogP contribution in [-0.4, -0.2) is 30.1 Å². The predicted octanol–water partition coefficient (Wildman–Crippen LogP) is 4.42. The fourth-order valence-corrected chi connectivity index (χ4v) is 2.38. The maximum Gasteiger partial charge on any atom is 0.418 e. The number of esters is 1. The van der Waals surface area contributed by atoms with Gasteiger partial charge in [-0.2, -0.15) is 13.2 Å². The highest BCUT2D eigenvalue weighted by atomic mass is 19.4. The number of para-hydroxylation sites is 1. The fourth-order valence-electron chi connectivity index (χ4n) is 2.38. The van der Waals surface area contributed by atoms with Crippen LogP contribution in [0.4, 0.5) is 28.0 Å². The molecule has 1 N–H and O–H groups in total. The lowest BCUT2D eigenvalue weighted by atomic mass is 10.1. The molecule has 0 fully saturated rings. The minimum Gasteiger partial charge on any atom is -0.467 e. The number of ether oxygens (including phenoxy) is 1. The zero-order valence-electron chi connectivity index (χ0n) is 14.9. The van der Waals surface area contributed by atoms with Crippen molar-refractivity contribution < 1.29 is 36.3 Å². The Morgan fingerprint density at radius 3 is 2.57 bits per heavy atom. The molecule has 10 heteroatoms.